The summed E-state index contributed by atoms with van der Waals surface area (Å²) >= 11 is 1.56. The quantitative estimate of drug-likeness (QED) is 0.838. The maximum absolute atomic E-state index is 12.8. The van der Waals surface area contributed by atoms with Gasteiger partial charge in [-0.15, -0.1) is 10.2 Å². The van der Waals surface area contributed by atoms with E-state index in [-0.39, 0.29) is 5.91 Å². The average molecular weight is 361 g/mol. The molecule has 0 spiro atoms. The Bertz CT molecular complexity index is 714. The van der Waals surface area contributed by atoms with E-state index in [1.165, 1.54) is 25.7 Å². The zero-order valence-corrected chi connectivity index (χ0v) is 15.1. The zero-order chi connectivity index (χ0) is 17.1. The molecule has 2 saturated heterocycles. The summed E-state index contributed by atoms with van der Waals surface area (Å²) in [5, 5.41) is 10.4. The molecule has 2 aliphatic heterocycles. The fourth-order valence-electron chi connectivity index (χ4n) is 3.35. The molecule has 7 nitrogen and oxygen atoms in total. The molecule has 0 aromatic carbocycles. The van der Waals surface area contributed by atoms with Crippen LogP contribution in [0.15, 0.2) is 18.3 Å². The maximum Gasteiger partial charge on any atom is 0.271 e. The molecule has 0 atom stereocenters. The fraction of sp³-hybridized carbons (Fsp3) is 0.588. The molecule has 0 aliphatic carbocycles. The van der Waals surface area contributed by atoms with Crippen molar-refractivity contribution in [2.45, 2.75) is 25.7 Å². The standard InChI is InChI=1S/C17H23N5O2S/c23-15(20-10-12-24-13-11-20)14-6-5-9-22(14)17-19-18-16(25-17)21-7-3-1-2-4-8-21/h5-6,9H,1-4,7-8,10-13H2. The van der Waals surface area contributed by atoms with Crippen molar-refractivity contribution in [3.8, 4) is 5.13 Å². The van der Waals surface area contributed by atoms with E-state index in [1.54, 1.807) is 11.3 Å². The lowest BCUT2D eigenvalue weighted by molar-refractivity contribution is 0.0297. The van der Waals surface area contributed by atoms with Gasteiger partial charge in [0.05, 0.1) is 13.2 Å². The summed E-state index contributed by atoms with van der Waals surface area (Å²) in [6.45, 7) is 4.56. The summed E-state index contributed by atoms with van der Waals surface area (Å²) in [4.78, 5) is 17.0. The van der Waals surface area contributed by atoms with E-state index in [0.717, 1.165) is 23.4 Å². The van der Waals surface area contributed by atoms with Crippen molar-refractivity contribution in [2.24, 2.45) is 0 Å². The molecule has 0 bridgehead atoms. The van der Waals surface area contributed by atoms with E-state index < -0.39 is 0 Å². The number of amides is 1. The normalized spacial score (nSPS) is 19.0. The minimum absolute atomic E-state index is 0.0276. The summed E-state index contributed by atoms with van der Waals surface area (Å²) in [6.07, 6.45) is 6.88. The number of aromatic nitrogens is 3. The van der Waals surface area contributed by atoms with Crippen LogP contribution in [0.3, 0.4) is 0 Å². The van der Waals surface area contributed by atoms with Crippen LogP contribution in [0.25, 0.3) is 5.13 Å². The predicted molar refractivity (Wildman–Crippen MR) is 96.6 cm³/mol. The van der Waals surface area contributed by atoms with Crippen LogP contribution in [0.1, 0.15) is 36.2 Å². The van der Waals surface area contributed by atoms with Crippen LogP contribution in [0, 0.1) is 0 Å². The molecule has 0 unspecified atom stereocenters. The number of carbonyl (C=O) groups excluding carboxylic acids is 1. The first-order valence-corrected chi connectivity index (χ1v) is 9.78. The fourth-order valence-corrected chi connectivity index (χ4v) is 4.24. The Morgan fingerprint density at radius 2 is 1.72 bits per heavy atom. The second-order valence-electron chi connectivity index (χ2n) is 6.44. The maximum atomic E-state index is 12.8. The van der Waals surface area contributed by atoms with Gasteiger partial charge in [-0.1, -0.05) is 24.2 Å². The van der Waals surface area contributed by atoms with Gasteiger partial charge in [0, 0.05) is 32.4 Å². The van der Waals surface area contributed by atoms with Crippen LogP contribution in [0.2, 0.25) is 0 Å². The zero-order valence-electron chi connectivity index (χ0n) is 14.3. The Balaban J connectivity index is 1.54. The van der Waals surface area contributed by atoms with Crippen LogP contribution in [-0.4, -0.2) is 65.0 Å². The molecular weight excluding hydrogens is 338 g/mol. The summed E-state index contributed by atoms with van der Waals surface area (Å²) in [5.74, 6) is 0.0276. The lowest BCUT2D eigenvalue weighted by Gasteiger charge is -2.26. The number of morpholine rings is 1. The molecule has 2 aliphatic rings. The van der Waals surface area contributed by atoms with Crippen LogP contribution in [-0.2, 0) is 4.74 Å². The molecule has 4 heterocycles. The van der Waals surface area contributed by atoms with Crippen LogP contribution < -0.4 is 4.90 Å². The van der Waals surface area contributed by atoms with Gasteiger partial charge in [0.15, 0.2) is 0 Å². The number of hydrogen-bond acceptors (Lipinski definition) is 6. The van der Waals surface area contributed by atoms with Gasteiger partial charge >= 0.3 is 0 Å². The molecule has 25 heavy (non-hydrogen) atoms. The third-order valence-corrected chi connectivity index (χ3v) is 5.74. The van der Waals surface area contributed by atoms with Crippen LogP contribution >= 0.6 is 11.3 Å². The number of nitrogens with zero attached hydrogens (tertiary/aromatic N) is 5. The second-order valence-corrected chi connectivity index (χ2v) is 7.37. The molecule has 134 valence electrons. The Kier molecular flexibility index (Phi) is 4.98. The van der Waals surface area contributed by atoms with Crippen molar-refractivity contribution in [1.82, 2.24) is 19.7 Å². The van der Waals surface area contributed by atoms with Gasteiger partial charge in [0.1, 0.15) is 5.69 Å². The van der Waals surface area contributed by atoms with Gasteiger partial charge < -0.3 is 14.5 Å². The lowest BCUT2D eigenvalue weighted by atomic mass is 10.2. The van der Waals surface area contributed by atoms with Crippen molar-refractivity contribution >= 4 is 22.4 Å². The highest BCUT2D eigenvalue weighted by Gasteiger charge is 2.23. The minimum atomic E-state index is 0.0276. The first-order chi connectivity index (χ1) is 12.3. The number of rotatable bonds is 3. The minimum Gasteiger partial charge on any atom is -0.378 e. The van der Waals surface area contributed by atoms with E-state index in [0.29, 0.717) is 32.0 Å². The van der Waals surface area contributed by atoms with E-state index in [2.05, 4.69) is 15.1 Å². The molecule has 2 aromatic heterocycles. The Morgan fingerprint density at radius 1 is 1.00 bits per heavy atom. The molecule has 2 aromatic rings. The third-order valence-electron chi connectivity index (χ3n) is 4.75. The molecule has 0 radical (unpaired) electrons. The first kappa shape index (κ1) is 16.5. The van der Waals surface area contributed by atoms with Gasteiger partial charge in [0.25, 0.3) is 5.91 Å². The van der Waals surface area contributed by atoms with Gasteiger partial charge in [-0.05, 0) is 25.0 Å². The summed E-state index contributed by atoms with van der Waals surface area (Å²) in [5.41, 5.74) is 0.639. The molecule has 1 amide bonds. The van der Waals surface area contributed by atoms with Crippen LogP contribution in [0.5, 0.6) is 0 Å². The van der Waals surface area contributed by atoms with Crippen molar-refractivity contribution in [3.63, 3.8) is 0 Å². The highest BCUT2D eigenvalue weighted by atomic mass is 32.1. The topological polar surface area (TPSA) is 63.5 Å². The van der Waals surface area contributed by atoms with E-state index in [4.69, 9.17) is 4.74 Å². The largest absolute Gasteiger partial charge is 0.378 e. The first-order valence-electron chi connectivity index (χ1n) is 8.96. The number of ether oxygens (including phenoxy) is 1. The number of carbonyl (C=O) groups is 1. The molecule has 0 saturated carbocycles. The number of anilines is 1. The van der Waals surface area contributed by atoms with Crippen molar-refractivity contribution < 1.29 is 9.53 Å². The number of hydrogen-bond donors (Lipinski definition) is 0. The molecule has 2 fully saturated rings. The predicted octanol–water partition coefficient (Wildman–Crippen LogP) is 2.18. The monoisotopic (exact) mass is 361 g/mol. The van der Waals surface area contributed by atoms with Gasteiger partial charge in [-0.3, -0.25) is 9.36 Å². The van der Waals surface area contributed by atoms with Crippen molar-refractivity contribution in [2.75, 3.05) is 44.3 Å². The highest BCUT2D eigenvalue weighted by Crippen LogP contribution is 2.27. The van der Waals surface area contributed by atoms with E-state index in [9.17, 15) is 4.79 Å². The molecule has 4 rings (SSSR count). The van der Waals surface area contributed by atoms with Gasteiger partial charge in [-0.2, -0.15) is 0 Å². The van der Waals surface area contributed by atoms with Crippen LogP contribution in [0.4, 0.5) is 5.13 Å². The van der Waals surface area contributed by atoms with Gasteiger partial charge in [0.2, 0.25) is 10.3 Å². The SMILES string of the molecule is O=C(c1cccn1-c1nnc(N2CCCCCC2)s1)N1CCOCC1. The van der Waals surface area contributed by atoms with E-state index >= 15 is 0 Å². The van der Waals surface area contributed by atoms with Gasteiger partial charge in [-0.25, -0.2) is 0 Å². The summed E-state index contributed by atoms with van der Waals surface area (Å²) in [6, 6.07) is 3.74. The molecule has 0 N–H and O–H groups in total. The molecule has 8 heteroatoms. The molecular formula is C17H23N5O2S. The summed E-state index contributed by atoms with van der Waals surface area (Å²) in [7, 11) is 0. The smallest absolute Gasteiger partial charge is 0.271 e. The average Bonchev–Trinajstić information content (AvgIpc) is 3.25. The Morgan fingerprint density at radius 3 is 2.48 bits per heavy atom. The third kappa shape index (κ3) is 3.55. The van der Waals surface area contributed by atoms with Crippen molar-refractivity contribution in [1.29, 1.82) is 0 Å². The van der Waals surface area contributed by atoms with Crippen molar-refractivity contribution in [3.05, 3.63) is 24.0 Å². The summed E-state index contributed by atoms with van der Waals surface area (Å²) < 4.78 is 7.19. The highest BCUT2D eigenvalue weighted by molar-refractivity contribution is 7.17. The lowest BCUT2D eigenvalue weighted by Crippen LogP contribution is -2.41. The van der Waals surface area contributed by atoms with E-state index in [1.807, 2.05) is 27.8 Å². The Labute approximate surface area is 151 Å². The second kappa shape index (κ2) is 7.53. The Hall–Kier alpha value is -1.93.